The van der Waals surface area contributed by atoms with E-state index in [1.807, 2.05) is 26.0 Å². The molecule has 2 amide bonds. The maximum atomic E-state index is 11.9. The van der Waals surface area contributed by atoms with E-state index in [9.17, 15) is 14.4 Å². The molecule has 0 aliphatic heterocycles. The molecular weight excluding hydrogens is 334 g/mol. The van der Waals surface area contributed by atoms with Crippen LogP contribution in [-0.2, 0) is 14.3 Å². The van der Waals surface area contributed by atoms with Gasteiger partial charge in [-0.1, -0.05) is 29.8 Å². The Balaban J connectivity index is 1.91. The van der Waals surface area contributed by atoms with E-state index in [4.69, 9.17) is 0 Å². The molecule has 2 rings (SSSR count). The Morgan fingerprint density at radius 2 is 1.69 bits per heavy atom. The summed E-state index contributed by atoms with van der Waals surface area (Å²) >= 11 is 0. The predicted molar refractivity (Wildman–Crippen MR) is 98.1 cm³/mol. The van der Waals surface area contributed by atoms with Gasteiger partial charge in [-0.05, 0) is 43.2 Å². The van der Waals surface area contributed by atoms with Crippen LogP contribution >= 0.6 is 0 Å². The van der Waals surface area contributed by atoms with Gasteiger partial charge in [-0.3, -0.25) is 9.59 Å². The molecule has 2 N–H and O–H groups in total. The van der Waals surface area contributed by atoms with E-state index in [0.29, 0.717) is 16.8 Å². The van der Waals surface area contributed by atoms with E-state index in [2.05, 4.69) is 20.6 Å². The van der Waals surface area contributed by atoms with Gasteiger partial charge in [0.2, 0.25) is 0 Å². The van der Waals surface area contributed by atoms with Crippen molar-refractivity contribution >= 4 is 29.7 Å². The van der Waals surface area contributed by atoms with E-state index in [-0.39, 0.29) is 0 Å². The van der Waals surface area contributed by atoms with Crippen molar-refractivity contribution in [3.63, 3.8) is 0 Å². The zero-order valence-electron chi connectivity index (χ0n) is 14.7. The third-order valence-electron chi connectivity index (χ3n) is 3.55. The molecule has 0 saturated carbocycles. The first kappa shape index (κ1) is 18.9. The molecular formula is C19H19N3O4. The third-order valence-corrected chi connectivity index (χ3v) is 3.55. The van der Waals surface area contributed by atoms with Crippen molar-refractivity contribution in [3.05, 3.63) is 64.7 Å². The molecule has 0 aliphatic rings. The molecule has 2 aromatic carbocycles. The average molecular weight is 353 g/mol. The molecule has 7 heteroatoms. The van der Waals surface area contributed by atoms with Crippen LogP contribution in [0, 0.1) is 13.8 Å². The van der Waals surface area contributed by atoms with Gasteiger partial charge in [-0.15, -0.1) is 0 Å². The number of amides is 2. The Hall–Kier alpha value is -3.48. The summed E-state index contributed by atoms with van der Waals surface area (Å²) in [6.07, 6.45) is 1.36. The van der Waals surface area contributed by atoms with E-state index in [1.165, 1.54) is 13.3 Å². The van der Waals surface area contributed by atoms with Crippen molar-refractivity contribution in [1.29, 1.82) is 0 Å². The standard InChI is InChI=1S/C19H19N3O4/c1-12-4-9-16(13(2)10-12)21-17(23)18(24)22-20-11-14-5-7-15(8-6-14)19(25)26-3/h4-11H,1-3H3,(H,21,23)(H,22,24)/b20-11-. The summed E-state index contributed by atoms with van der Waals surface area (Å²) < 4.78 is 4.60. The van der Waals surface area contributed by atoms with Crippen molar-refractivity contribution < 1.29 is 19.1 Å². The van der Waals surface area contributed by atoms with Crippen LogP contribution in [0.25, 0.3) is 0 Å². The lowest BCUT2D eigenvalue weighted by Crippen LogP contribution is -2.32. The van der Waals surface area contributed by atoms with Crippen molar-refractivity contribution in [2.75, 3.05) is 12.4 Å². The predicted octanol–water partition coefficient (Wildman–Crippen LogP) is 2.18. The molecule has 0 radical (unpaired) electrons. The minimum Gasteiger partial charge on any atom is -0.465 e. The van der Waals surface area contributed by atoms with E-state index >= 15 is 0 Å². The number of esters is 1. The molecule has 0 fully saturated rings. The number of aryl methyl sites for hydroxylation is 2. The smallest absolute Gasteiger partial charge is 0.337 e. The summed E-state index contributed by atoms with van der Waals surface area (Å²) in [5.74, 6) is -2.13. The number of rotatable bonds is 4. The average Bonchev–Trinajstić information content (AvgIpc) is 2.63. The second-order valence-electron chi connectivity index (χ2n) is 5.59. The molecule has 26 heavy (non-hydrogen) atoms. The second kappa shape index (κ2) is 8.57. The van der Waals surface area contributed by atoms with E-state index in [0.717, 1.165) is 11.1 Å². The highest BCUT2D eigenvalue weighted by Gasteiger charge is 2.13. The van der Waals surface area contributed by atoms with Gasteiger partial charge in [0.05, 0.1) is 18.9 Å². The lowest BCUT2D eigenvalue weighted by Gasteiger charge is -2.08. The summed E-state index contributed by atoms with van der Waals surface area (Å²) in [6, 6.07) is 11.9. The number of benzene rings is 2. The molecule has 134 valence electrons. The minimum atomic E-state index is -0.882. The first-order chi connectivity index (χ1) is 12.4. The van der Waals surface area contributed by atoms with Gasteiger partial charge in [0.25, 0.3) is 0 Å². The molecule has 0 heterocycles. The van der Waals surface area contributed by atoms with E-state index < -0.39 is 17.8 Å². The lowest BCUT2D eigenvalue weighted by atomic mass is 10.1. The normalized spacial score (nSPS) is 10.4. The largest absolute Gasteiger partial charge is 0.465 e. The van der Waals surface area contributed by atoms with Gasteiger partial charge in [0.15, 0.2) is 0 Å². The second-order valence-corrected chi connectivity index (χ2v) is 5.59. The lowest BCUT2D eigenvalue weighted by molar-refractivity contribution is -0.136. The van der Waals surface area contributed by atoms with Crippen LogP contribution < -0.4 is 10.7 Å². The number of methoxy groups -OCH3 is 1. The molecule has 0 atom stereocenters. The van der Waals surface area contributed by atoms with Gasteiger partial charge in [-0.25, -0.2) is 10.2 Å². The van der Waals surface area contributed by atoms with Crippen molar-refractivity contribution in [2.45, 2.75) is 13.8 Å². The quantitative estimate of drug-likeness (QED) is 0.381. The number of anilines is 1. The fourth-order valence-corrected chi connectivity index (χ4v) is 2.17. The monoisotopic (exact) mass is 353 g/mol. The van der Waals surface area contributed by atoms with Gasteiger partial charge in [-0.2, -0.15) is 5.10 Å². The highest BCUT2D eigenvalue weighted by atomic mass is 16.5. The topological polar surface area (TPSA) is 96.9 Å². The highest BCUT2D eigenvalue weighted by molar-refractivity contribution is 6.39. The summed E-state index contributed by atoms with van der Waals surface area (Å²) in [6.45, 7) is 3.79. The van der Waals surface area contributed by atoms with Crippen LogP contribution in [-0.4, -0.2) is 31.1 Å². The molecule has 7 nitrogen and oxygen atoms in total. The fourth-order valence-electron chi connectivity index (χ4n) is 2.17. The summed E-state index contributed by atoms with van der Waals surface area (Å²) in [5, 5.41) is 6.27. The number of hydrogen-bond donors (Lipinski definition) is 2. The van der Waals surface area contributed by atoms with Crippen LogP contribution in [0.3, 0.4) is 0 Å². The van der Waals surface area contributed by atoms with Gasteiger partial charge in [0, 0.05) is 5.69 Å². The number of ether oxygens (including phenoxy) is 1. The fraction of sp³-hybridized carbons (Fsp3) is 0.158. The van der Waals surface area contributed by atoms with Crippen molar-refractivity contribution in [3.8, 4) is 0 Å². The highest BCUT2D eigenvalue weighted by Crippen LogP contribution is 2.15. The summed E-state index contributed by atoms with van der Waals surface area (Å²) in [7, 11) is 1.30. The van der Waals surface area contributed by atoms with Crippen molar-refractivity contribution in [2.24, 2.45) is 5.10 Å². The Bertz CT molecular complexity index is 858. The molecule has 0 saturated heterocycles. The number of nitrogens with zero attached hydrogens (tertiary/aromatic N) is 1. The Labute approximate surface area is 151 Å². The first-order valence-electron chi connectivity index (χ1n) is 7.80. The van der Waals surface area contributed by atoms with Crippen LogP contribution in [0.15, 0.2) is 47.6 Å². The summed E-state index contributed by atoms with van der Waals surface area (Å²) in [5.41, 5.74) is 5.70. The Morgan fingerprint density at radius 1 is 1.00 bits per heavy atom. The first-order valence-corrected chi connectivity index (χ1v) is 7.80. The summed E-state index contributed by atoms with van der Waals surface area (Å²) in [4.78, 5) is 35.0. The van der Waals surface area contributed by atoms with Crippen LogP contribution in [0.5, 0.6) is 0 Å². The van der Waals surface area contributed by atoms with Gasteiger partial charge in [0.1, 0.15) is 0 Å². The number of carbonyl (C=O) groups excluding carboxylic acids is 3. The van der Waals surface area contributed by atoms with Gasteiger partial charge >= 0.3 is 17.8 Å². The maximum Gasteiger partial charge on any atom is 0.337 e. The van der Waals surface area contributed by atoms with Crippen LogP contribution in [0.4, 0.5) is 5.69 Å². The van der Waals surface area contributed by atoms with Crippen LogP contribution in [0.2, 0.25) is 0 Å². The number of carbonyl (C=O) groups is 3. The minimum absolute atomic E-state index is 0.404. The van der Waals surface area contributed by atoms with Crippen LogP contribution in [0.1, 0.15) is 27.0 Å². The molecule has 0 aromatic heterocycles. The third kappa shape index (κ3) is 5.01. The maximum absolute atomic E-state index is 11.9. The molecule has 2 aromatic rings. The van der Waals surface area contributed by atoms with Gasteiger partial charge < -0.3 is 10.1 Å². The molecule has 0 spiro atoms. The number of hydrazone groups is 1. The Kier molecular flexibility index (Phi) is 6.21. The Morgan fingerprint density at radius 3 is 2.31 bits per heavy atom. The molecule has 0 bridgehead atoms. The van der Waals surface area contributed by atoms with E-state index in [1.54, 1.807) is 30.3 Å². The number of nitrogens with one attached hydrogen (secondary N) is 2. The molecule has 0 aliphatic carbocycles. The SMILES string of the molecule is COC(=O)c1ccc(/C=N\NC(=O)C(=O)Nc2ccc(C)cc2C)cc1. The zero-order chi connectivity index (χ0) is 19.1. The molecule has 0 unspecified atom stereocenters. The van der Waals surface area contributed by atoms with Crippen molar-refractivity contribution in [1.82, 2.24) is 5.43 Å². The zero-order valence-corrected chi connectivity index (χ0v) is 14.7. The number of hydrogen-bond acceptors (Lipinski definition) is 5.